The zero-order chi connectivity index (χ0) is 20.5. The summed E-state index contributed by atoms with van der Waals surface area (Å²) in [5.74, 6) is 0.386. The van der Waals surface area contributed by atoms with E-state index < -0.39 is 0 Å². The number of nitrogens with one attached hydrogen (secondary N) is 1. The van der Waals surface area contributed by atoms with Crippen LogP contribution < -0.4 is 5.32 Å². The van der Waals surface area contributed by atoms with Gasteiger partial charge in [0.2, 0.25) is 5.91 Å². The van der Waals surface area contributed by atoms with Gasteiger partial charge >= 0.3 is 0 Å². The molecule has 0 aliphatic heterocycles. The number of thioether (sulfide) groups is 1. The van der Waals surface area contributed by atoms with E-state index in [1.165, 1.54) is 31.0 Å². The number of hydrogen-bond donors (Lipinski definition) is 1. The Morgan fingerprint density at radius 3 is 2.73 bits per heavy atom. The van der Waals surface area contributed by atoms with Gasteiger partial charge in [-0.15, -0.1) is 10.2 Å². The van der Waals surface area contributed by atoms with Gasteiger partial charge in [0, 0.05) is 29.0 Å². The molecule has 3 heterocycles. The molecule has 5 rings (SSSR count). The van der Waals surface area contributed by atoms with Crippen molar-refractivity contribution in [3.8, 4) is 11.3 Å². The maximum atomic E-state index is 12.3. The molecule has 1 N–H and O–H groups in total. The minimum atomic E-state index is 0.0547. The lowest BCUT2D eigenvalue weighted by atomic mass is 9.95. The Labute approximate surface area is 182 Å². The van der Waals surface area contributed by atoms with Crippen LogP contribution in [0.15, 0.2) is 47.9 Å². The van der Waals surface area contributed by atoms with Crippen molar-refractivity contribution in [2.45, 2.75) is 43.3 Å². The highest BCUT2D eigenvalue weighted by molar-refractivity contribution is 7.99. The second-order valence-electron chi connectivity index (χ2n) is 7.53. The molecule has 1 aliphatic carbocycles. The summed E-state index contributed by atoms with van der Waals surface area (Å²) < 4.78 is 3.69. The van der Waals surface area contributed by atoms with Crippen LogP contribution in [0, 0.1) is 0 Å². The quantitative estimate of drug-likeness (QED) is 0.470. The Kier molecular flexibility index (Phi) is 5.35. The van der Waals surface area contributed by atoms with E-state index in [0.29, 0.717) is 27.6 Å². The first-order valence-electron chi connectivity index (χ1n) is 10.1. The van der Waals surface area contributed by atoms with Gasteiger partial charge in [-0.05, 0) is 31.0 Å². The molecule has 1 aliphatic rings. The number of aromatic nitrogens is 5. The minimum Gasteiger partial charge on any atom is -0.353 e. The predicted octanol–water partition coefficient (Wildman–Crippen LogP) is 4.24. The van der Waals surface area contributed by atoms with Gasteiger partial charge in [-0.25, -0.2) is 4.52 Å². The van der Waals surface area contributed by atoms with Gasteiger partial charge in [-0.2, -0.15) is 5.10 Å². The average Bonchev–Trinajstić information content (AvgIpc) is 3.37. The van der Waals surface area contributed by atoms with E-state index in [1.54, 1.807) is 4.52 Å². The van der Waals surface area contributed by atoms with Gasteiger partial charge < -0.3 is 5.32 Å². The monoisotopic (exact) mass is 440 g/mol. The molecule has 7 nitrogen and oxygen atoms in total. The third-order valence-corrected chi connectivity index (χ3v) is 6.62. The van der Waals surface area contributed by atoms with Crippen molar-refractivity contribution in [1.29, 1.82) is 0 Å². The number of carbonyl (C=O) groups excluding carboxylic acids is 1. The Hall–Kier alpha value is -2.58. The molecular formula is C21H21ClN6OS. The van der Waals surface area contributed by atoms with Crippen molar-refractivity contribution in [3.63, 3.8) is 0 Å². The zero-order valence-electron chi connectivity index (χ0n) is 16.3. The van der Waals surface area contributed by atoms with Crippen LogP contribution in [-0.2, 0) is 4.79 Å². The largest absolute Gasteiger partial charge is 0.353 e. The molecule has 0 radical (unpaired) electrons. The summed E-state index contributed by atoms with van der Waals surface area (Å²) in [6.45, 7) is 0. The van der Waals surface area contributed by atoms with Crippen LogP contribution in [0.2, 0.25) is 5.02 Å². The van der Waals surface area contributed by atoms with Crippen LogP contribution in [0.3, 0.4) is 0 Å². The van der Waals surface area contributed by atoms with Gasteiger partial charge in [-0.3, -0.25) is 9.20 Å². The lowest BCUT2D eigenvalue weighted by molar-refractivity contribution is -0.119. The standard InChI is InChI=1S/C21H21ClN6OS/c22-15-8-6-14(7-9-15)17-12-18-20-24-25-21(27(20)10-11-28(18)26-17)30-13-19(29)23-16-4-2-1-3-5-16/h6-12,16H,1-5,13H2,(H,23,29). The topological polar surface area (TPSA) is 76.6 Å². The smallest absolute Gasteiger partial charge is 0.230 e. The van der Waals surface area contributed by atoms with E-state index >= 15 is 0 Å². The van der Waals surface area contributed by atoms with Crippen molar-refractivity contribution >= 4 is 40.4 Å². The molecule has 0 atom stereocenters. The van der Waals surface area contributed by atoms with Gasteiger partial charge in [0.1, 0.15) is 5.52 Å². The molecule has 9 heteroatoms. The number of carbonyl (C=O) groups is 1. The fourth-order valence-corrected chi connectivity index (χ4v) is 4.75. The van der Waals surface area contributed by atoms with Crippen molar-refractivity contribution in [2.24, 2.45) is 0 Å². The van der Waals surface area contributed by atoms with Crippen molar-refractivity contribution in [2.75, 3.05) is 5.75 Å². The van der Waals surface area contributed by atoms with E-state index in [4.69, 9.17) is 11.6 Å². The van der Waals surface area contributed by atoms with Gasteiger partial charge in [0.25, 0.3) is 0 Å². The second-order valence-corrected chi connectivity index (χ2v) is 8.91. The van der Waals surface area contributed by atoms with Crippen LogP contribution >= 0.6 is 23.4 Å². The molecule has 1 fully saturated rings. The van der Waals surface area contributed by atoms with Crippen molar-refractivity contribution in [1.82, 2.24) is 29.5 Å². The predicted molar refractivity (Wildman–Crippen MR) is 118 cm³/mol. The van der Waals surface area contributed by atoms with Crippen LogP contribution in [-0.4, -0.2) is 41.9 Å². The van der Waals surface area contributed by atoms with E-state index in [2.05, 4.69) is 20.6 Å². The highest BCUT2D eigenvalue weighted by atomic mass is 35.5. The molecule has 154 valence electrons. The Bertz CT molecular complexity index is 1200. The first-order chi connectivity index (χ1) is 14.7. The van der Waals surface area contributed by atoms with E-state index in [9.17, 15) is 4.79 Å². The summed E-state index contributed by atoms with van der Waals surface area (Å²) in [7, 11) is 0. The number of hydrogen-bond acceptors (Lipinski definition) is 5. The summed E-state index contributed by atoms with van der Waals surface area (Å²) in [6.07, 6.45) is 9.59. The number of nitrogens with zero attached hydrogens (tertiary/aromatic N) is 5. The summed E-state index contributed by atoms with van der Waals surface area (Å²) in [5, 5.41) is 17.8. The highest BCUT2D eigenvalue weighted by Crippen LogP contribution is 2.25. The van der Waals surface area contributed by atoms with Crippen LogP contribution in [0.5, 0.6) is 0 Å². The number of benzene rings is 1. The van der Waals surface area contributed by atoms with Crippen LogP contribution in [0.25, 0.3) is 22.4 Å². The fraction of sp³-hybridized carbons (Fsp3) is 0.333. The number of amides is 1. The minimum absolute atomic E-state index is 0.0547. The van der Waals surface area contributed by atoms with Gasteiger partial charge in [0.15, 0.2) is 10.8 Å². The van der Waals surface area contributed by atoms with E-state index in [1.807, 2.05) is 47.1 Å². The Morgan fingerprint density at radius 1 is 1.13 bits per heavy atom. The van der Waals surface area contributed by atoms with Crippen LogP contribution in [0.1, 0.15) is 32.1 Å². The summed E-state index contributed by atoms with van der Waals surface area (Å²) in [6, 6.07) is 9.88. The second kappa shape index (κ2) is 8.28. The SMILES string of the molecule is O=C(CSc1nnc2c3cc(-c4ccc(Cl)cc4)nn3ccn12)NC1CCCCC1. The molecule has 1 saturated carbocycles. The van der Waals surface area contributed by atoms with Gasteiger partial charge in [-0.1, -0.05) is 54.8 Å². The maximum Gasteiger partial charge on any atom is 0.230 e. The van der Waals surface area contributed by atoms with Crippen molar-refractivity contribution in [3.05, 3.63) is 47.7 Å². The lowest BCUT2D eigenvalue weighted by Gasteiger charge is -2.22. The molecule has 0 spiro atoms. The molecule has 0 bridgehead atoms. The molecule has 1 amide bonds. The van der Waals surface area contributed by atoms with Crippen LogP contribution in [0.4, 0.5) is 0 Å². The fourth-order valence-electron chi connectivity index (χ4n) is 3.90. The Morgan fingerprint density at radius 2 is 1.93 bits per heavy atom. The van der Waals surface area contributed by atoms with E-state index in [0.717, 1.165) is 29.6 Å². The first-order valence-corrected chi connectivity index (χ1v) is 11.4. The molecule has 30 heavy (non-hydrogen) atoms. The highest BCUT2D eigenvalue weighted by Gasteiger charge is 2.17. The zero-order valence-corrected chi connectivity index (χ0v) is 17.9. The summed E-state index contributed by atoms with van der Waals surface area (Å²) in [4.78, 5) is 12.3. The Balaban J connectivity index is 1.35. The average molecular weight is 441 g/mol. The van der Waals surface area contributed by atoms with Gasteiger partial charge in [0.05, 0.1) is 11.4 Å². The summed E-state index contributed by atoms with van der Waals surface area (Å²) in [5.41, 5.74) is 3.38. The molecule has 0 unspecified atom stereocenters. The molecular weight excluding hydrogens is 420 g/mol. The molecule has 0 saturated heterocycles. The summed E-state index contributed by atoms with van der Waals surface area (Å²) >= 11 is 7.39. The number of halogens is 1. The lowest BCUT2D eigenvalue weighted by Crippen LogP contribution is -2.37. The maximum absolute atomic E-state index is 12.3. The number of fused-ring (bicyclic) bond motifs is 3. The molecule has 1 aromatic carbocycles. The molecule has 4 aromatic rings. The van der Waals surface area contributed by atoms with Crippen molar-refractivity contribution < 1.29 is 4.79 Å². The normalized spacial score (nSPS) is 15.1. The number of rotatable bonds is 5. The molecule has 3 aromatic heterocycles. The first kappa shape index (κ1) is 19.4. The van der Waals surface area contributed by atoms with E-state index in [-0.39, 0.29) is 5.91 Å². The third-order valence-electron chi connectivity index (χ3n) is 5.43. The third kappa shape index (κ3) is 3.89.